The van der Waals surface area contributed by atoms with E-state index in [0.717, 1.165) is 38.5 Å². The molecule has 0 aromatic heterocycles. The molecule has 0 heterocycles. The van der Waals surface area contributed by atoms with Gasteiger partial charge in [0.1, 0.15) is 6.10 Å². The van der Waals surface area contributed by atoms with Gasteiger partial charge < -0.3 is 20.6 Å². The van der Waals surface area contributed by atoms with Gasteiger partial charge in [-0.1, -0.05) is 289 Å². The van der Waals surface area contributed by atoms with E-state index >= 15 is 0 Å². The fourth-order valence-electron chi connectivity index (χ4n) is 9.22. The van der Waals surface area contributed by atoms with Gasteiger partial charge in [-0.3, -0.25) is 4.79 Å². The van der Waals surface area contributed by atoms with Gasteiger partial charge in [-0.25, -0.2) is 0 Å². The lowest BCUT2D eigenvalue weighted by atomic mass is 9.99. The Bertz CT molecular complexity index is 879. The Balaban J connectivity index is 3.41. The highest BCUT2D eigenvalue weighted by Crippen LogP contribution is 2.18. The number of amides is 1. The van der Waals surface area contributed by atoms with E-state index in [-0.39, 0.29) is 12.5 Å². The maximum absolute atomic E-state index is 12.5. The van der Waals surface area contributed by atoms with Crippen LogP contribution in [0.25, 0.3) is 0 Å². The smallest absolute Gasteiger partial charge is 0.220 e. The lowest BCUT2D eigenvalue weighted by Gasteiger charge is -2.26. The maximum Gasteiger partial charge on any atom is 0.220 e. The first-order chi connectivity index (χ1) is 30.6. The van der Waals surface area contributed by atoms with E-state index < -0.39 is 18.2 Å². The van der Waals surface area contributed by atoms with Gasteiger partial charge >= 0.3 is 0 Å². The van der Waals surface area contributed by atoms with Crippen LogP contribution in [0.2, 0.25) is 0 Å². The number of rotatable bonds is 53. The van der Waals surface area contributed by atoms with Crippen molar-refractivity contribution in [2.75, 3.05) is 6.61 Å². The third-order valence-electron chi connectivity index (χ3n) is 13.6. The van der Waals surface area contributed by atoms with Crippen molar-refractivity contribution < 1.29 is 20.1 Å². The van der Waals surface area contributed by atoms with Crippen LogP contribution in [0.1, 0.15) is 322 Å². The summed E-state index contributed by atoms with van der Waals surface area (Å²) < 4.78 is 0. The van der Waals surface area contributed by atoms with Crippen molar-refractivity contribution in [2.45, 2.75) is 340 Å². The van der Waals surface area contributed by atoms with Crippen molar-refractivity contribution in [3.05, 3.63) is 12.2 Å². The Morgan fingerprint density at radius 2 is 0.645 bits per heavy atom. The van der Waals surface area contributed by atoms with Crippen LogP contribution in [0.15, 0.2) is 12.2 Å². The number of hydrogen-bond acceptors (Lipinski definition) is 4. The minimum atomic E-state index is -1.13. The summed E-state index contributed by atoms with van der Waals surface area (Å²) in [5.41, 5.74) is 0. The molecule has 0 aliphatic heterocycles. The largest absolute Gasteiger partial charge is 0.394 e. The standard InChI is InChI=1S/C57H113NO4/c1-3-5-7-9-11-13-15-16-17-18-19-20-21-22-23-24-25-26-27-28-29-30-31-32-33-34-35-36-37-38-39-40-42-44-46-48-50-52-56(61)58-54(53-59)57(62)55(60)51-49-47-45-43-41-14-12-10-8-6-4-2/h26-27,54-55,57,59-60,62H,3-25,28-53H2,1-2H3,(H,58,61)/b27-26-. The van der Waals surface area contributed by atoms with Gasteiger partial charge in [0.25, 0.3) is 0 Å². The summed E-state index contributed by atoms with van der Waals surface area (Å²) >= 11 is 0. The third-order valence-corrected chi connectivity index (χ3v) is 13.6. The van der Waals surface area contributed by atoms with Gasteiger partial charge in [0, 0.05) is 6.42 Å². The molecule has 0 rings (SSSR count). The molecule has 0 aromatic carbocycles. The topological polar surface area (TPSA) is 89.8 Å². The van der Waals surface area contributed by atoms with Crippen LogP contribution in [0, 0.1) is 0 Å². The highest BCUT2D eigenvalue weighted by molar-refractivity contribution is 5.76. The monoisotopic (exact) mass is 876 g/mol. The number of hydrogen-bond donors (Lipinski definition) is 4. The number of carbonyl (C=O) groups excluding carboxylic acids is 1. The predicted molar refractivity (Wildman–Crippen MR) is 273 cm³/mol. The number of aliphatic hydroxyl groups is 3. The van der Waals surface area contributed by atoms with E-state index in [4.69, 9.17) is 0 Å². The van der Waals surface area contributed by atoms with Gasteiger partial charge in [0.05, 0.1) is 18.8 Å². The Morgan fingerprint density at radius 1 is 0.387 bits per heavy atom. The molecule has 5 nitrogen and oxygen atoms in total. The zero-order valence-corrected chi connectivity index (χ0v) is 42.3. The normalized spacial score (nSPS) is 13.3. The van der Waals surface area contributed by atoms with Crippen molar-refractivity contribution in [1.29, 1.82) is 0 Å². The minimum absolute atomic E-state index is 0.140. The molecule has 3 atom stereocenters. The van der Waals surface area contributed by atoms with Crippen molar-refractivity contribution in [3.63, 3.8) is 0 Å². The third kappa shape index (κ3) is 47.1. The molecule has 0 spiro atoms. The van der Waals surface area contributed by atoms with Gasteiger partial charge in [-0.2, -0.15) is 0 Å². The van der Waals surface area contributed by atoms with Crippen LogP contribution in [-0.2, 0) is 4.79 Å². The lowest BCUT2D eigenvalue weighted by Crippen LogP contribution is -2.50. The second-order valence-corrected chi connectivity index (χ2v) is 19.9. The molecule has 1 amide bonds. The fraction of sp³-hybridized carbons (Fsp3) is 0.947. The van der Waals surface area contributed by atoms with Gasteiger partial charge in [-0.05, 0) is 38.5 Å². The summed E-state index contributed by atoms with van der Waals surface area (Å²) in [6, 6.07) is -0.805. The molecule has 62 heavy (non-hydrogen) atoms. The van der Waals surface area contributed by atoms with Gasteiger partial charge in [-0.15, -0.1) is 0 Å². The number of allylic oxidation sites excluding steroid dienone is 2. The molecule has 5 heteroatoms. The Hall–Kier alpha value is -0.910. The van der Waals surface area contributed by atoms with Crippen LogP contribution >= 0.6 is 0 Å². The molecule has 3 unspecified atom stereocenters. The predicted octanol–water partition coefficient (Wildman–Crippen LogP) is 17.5. The Kier molecular flexibility index (Phi) is 51.9. The van der Waals surface area contributed by atoms with Gasteiger partial charge in [0.2, 0.25) is 5.91 Å². The van der Waals surface area contributed by atoms with Gasteiger partial charge in [0.15, 0.2) is 0 Å². The second kappa shape index (κ2) is 52.7. The summed E-state index contributed by atoms with van der Waals surface area (Å²) in [6.45, 7) is 4.19. The second-order valence-electron chi connectivity index (χ2n) is 19.9. The number of nitrogens with one attached hydrogen (secondary N) is 1. The quantitative estimate of drug-likeness (QED) is 0.0362. The molecule has 0 aliphatic carbocycles. The number of aliphatic hydroxyl groups excluding tert-OH is 3. The number of unbranched alkanes of at least 4 members (excludes halogenated alkanes) is 43. The van der Waals surface area contributed by atoms with E-state index in [1.54, 1.807) is 0 Å². The molecule has 370 valence electrons. The minimum Gasteiger partial charge on any atom is -0.394 e. The average molecular weight is 877 g/mol. The molecule has 0 saturated heterocycles. The van der Waals surface area contributed by atoms with Crippen molar-refractivity contribution in [2.24, 2.45) is 0 Å². The van der Waals surface area contributed by atoms with Crippen LogP contribution in [0.5, 0.6) is 0 Å². The molecule has 0 radical (unpaired) electrons. The molecule has 4 N–H and O–H groups in total. The highest BCUT2D eigenvalue weighted by Gasteiger charge is 2.26. The summed E-state index contributed by atoms with van der Waals surface area (Å²) in [7, 11) is 0. The zero-order valence-electron chi connectivity index (χ0n) is 42.3. The Morgan fingerprint density at radius 3 is 0.935 bits per heavy atom. The first-order valence-electron chi connectivity index (χ1n) is 28.5. The van der Waals surface area contributed by atoms with Crippen LogP contribution in [0.4, 0.5) is 0 Å². The fourth-order valence-corrected chi connectivity index (χ4v) is 9.22. The zero-order chi connectivity index (χ0) is 45.1. The first kappa shape index (κ1) is 61.1. The summed E-state index contributed by atoms with van der Waals surface area (Å²) in [5.74, 6) is -0.140. The SMILES string of the molecule is CCCCCCCCCCCCCCCCCC/C=C\CCCCCCCCCCCCCCCCCCCC(=O)NC(CO)C(O)C(O)CCCCCCCCCCCCC. The lowest BCUT2D eigenvalue weighted by molar-refractivity contribution is -0.124. The summed E-state index contributed by atoms with van der Waals surface area (Å²) in [5, 5.41) is 33.6. The van der Waals surface area contributed by atoms with Crippen molar-refractivity contribution >= 4 is 5.91 Å². The van der Waals surface area contributed by atoms with E-state index in [0.29, 0.717) is 12.8 Å². The number of carbonyl (C=O) groups is 1. The highest BCUT2D eigenvalue weighted by atomic mass is 16.3. The van der Waals surface area contributed by atoms with E-state index in [9.17, 15) is 20.1 Å². The molecular weight excluding hydrogens is 763 g/mol. The average Bonchev–Trinajstić information content (AvgIpc) is 3.28. The molecule has 0 aromatic rings. The van der Waals surface area contributed by atoms with Crippen molar-refractivity contribution in [3.8, 4) is 0 Å². The maximum atomic E-state index is 12.5. The van der Waals surface area contributed by atoms with E-state index in [2.05, 4.69) is 31.3 Å². The van der Waals surface area contributed by atoms with Crippen LogP contribution in [-0.4, -0.2) is 46.1 Å². The van der Waals surface area contributed by atoms with Crippen LogP contribution < -0.4 is 5.32 Å². The summed E-state index contributed by atoms with van der Waals surface area (Å²) in [4.78, 5) is 12.5. The molecule has 0 saturated carbocycles. The first-order valence-corrected chi connectivity index (χ1v) is 28.5. The van der Waals surface area contributed by atoms with E-state index in [1.165, 1.54) is 257 Å². The molecule has 0 aliphatic rings. The van der Waals surface area contributed by atoms with E-state index in [1.807, 2.05) is 0 Å². The molecule has 0 fully saturated rings. The molecular formula is C57H113NO4. The summed E-state index contributed by atoms with van der Waals surface area (Å²) in [6.07, 6.45) is 65.4. The Labute approximate surface area is 389 Å². The van der Waals surface area contributed by atoms with Crippen molar-refractivity contribution in [1.82, 2.24) is 5.32 Å². The van der Waals surface area contributed by atoms with Crippen LogP contribution in [0.3, 0.4) is 0 Å². The molecule has 0 bridgehead atoms.